The number of ether oxygens (including phenoxy) is 1. The zero-order valence-electron chi connectivity index (χ0n) is 16.5. The highest BCUT2D eigenvalue weighted by atomic mass is 19.1. The van der Waals surface area contributed by atoms with Crippen molar-refractivity contribution in [3.63, 3.8) is 0 Å². The Hall–Kier alpha value is -2.47. The first kappa shape index (κ1) is 20.3. The molecule has 0 spiro atoms. The summed E-state index contributed by atoms with van der Waals surface area (Å²) in [6, 6.07) is 11.0. The van der Waals surface area contributed by atoms with Gasteiger partial charge in [-0.25, -0.2) is 8.78 Å². The van der Waals surface area contributed by atoms with Gasteiger partial charge >= 0.3 is 0 Å². The van der Waals surface area contributed by atoms with Gasteiger partial charge in [0.25, 0.3) is 5.91 Å². The minimum absolute atomic E-state index is 0.0436. The Morgan fingerprint density at radius 2 is 1.71 bits per heavy atom. The predicted molar refractivity (Wildman–Crippen MR) is 104 cm³/mol. The number of amides is 1. The van der Waals surface area contributed by atoms with Crippen LogP contribution in [-0.4, -0.2) is 47.5 Å². The summed E-state index contributed by atoms with van der Waals surface area (Å²) in [6.45, 7) is 7.85. The Morgan fingerprint density at radius 1 is 1.04 bits per heavy atom. The molecule has 1 aliphatic heterocycles. The van der Waals surface area contributed by atoms with Crippen LogP contribution in [-0.2, 0) is 11.3 Å². The van der Waals surface area contributed by atoms with Crippen molar-refractivity contribution in [2.24, 2.45) is 0 Å². The van der Waals surface area contributed by atoms with Crippen LogP contribution in [0, 0.1) is 18.6 Å². The van der Waals surface area contributed by atoms with Crippen LogP contribution in [0.2, 0.25) is 0 Å². The quantitative estimate of drug-likeness (QED) is 0.782. The van der Waals surface area contributed by atoms with Crippen LogP contribution in [0.5, 0.6) is 5.75 Å². The normalized spacial score (nSPS) is 20.2. The van der Waals surface area contributed by atoms with Crippen LogP contribution in [0.3, 0.4) is 0 Å². The van der Waals surface area contributed by atoms with Crippen LogP contribution in [0.25, 0.3) is 0 Å². The average Bonchev–Trinajstić information content (AvgIpc) is 2.65. The van der Waals surface area contributed by atoms with Crippen LogP contribution >= 0.6 is 0 Å². The molecule has 0 aliphatic carbocycles. The summed E-state index contributed by atoms with van der Waals surface area (Å²) < 4.78 is 31.9. The van der Waals surface area contributed by atoms with Crippen molar-refractivity contribution >= 4 is 5.91 Å². The SMILES string of the molecule is Cc1cc(F)ccc1OCC(=O)N1C[C@@H](C)N(Cc2ccc(F)cc2)C[C@@H]1C. The van der Waals surface area contributed by atoms with Gasteiger partial charge in [0.2, 0.25) is 0 Å². The number of carbonyl (C=O) groups excluding carboxylic acids is 1. The number of carbonyl (C=O) groups is 1. The van der Waals surface area contributed by atoms with E-state index < -0.39 is 0 Å². The second kappa shape index (κ2) is 8.69. The minimum atomic E-state index is -0.323. The molecule has 1 aliphatic rings. The summed E-state index contributed by atoms with van der Waals surface area (Å²) in [5.74, 6) is -0.122. The Morgan fingerprint density at radius 3 is 2.39 bits per heavy atom. The molecule has 0 bridgehead atoms. The van der Waals surface area contributed by atoms with Crippen LogP contribution in [0.4, 0.5) is 8.78 Å². The predicted octanol–water partition coefficient (Wildman–Crippen LogP) is 3.77. The summed E-state index contributed by atoms with van der Waals surface area (Å²) in [5.41, 5.74) is 1.72. The number of halogens is 2. The topological polar surface area (TPSA) is 32.8 Å². The maximum absolute atomic E-state index is 13.2. The summed E-state index contributed by atoms with van der Waals surface area (Å²) in [5, 5.41) is 0. The minimum Gasteiger partial charge on any atom is -0.483 e. The molecule has 2 atom stereocenters. The Bertz CT molecular complexity index is 826. The van der Waals surface area contributed by atoms with E-state index in [4.69, 9.17) is 4.74 Å². The lowest BCUT2D eigenvalue weighted by Gasteiger charge is -2.44. The fraction of sp³-hybridized carbons (Fsp3) is 0.409. The van der Waals surface area contributed by atoms with Gasteiger partial charge in [0.05, 0.1) is 0 Å². The lowest BCUT2D eigenvalue weighted by atomic mass is 10.1. The number of rotatable bonds is 5. The van der Waals surface area contributed by atoms with Crippen molar-refractivity contribution in [3.8, 4) is 5.75 Å². The van der Waals surface area contributed by atoms with E-state index in [1.54, 1.807) is 25.1 Å². The van der Waals surface area contributed by atoms with Gasteiger partial charge in [-0.3, -0.25) is 9.69 Å². The van der Waals surface area contributed by atoms with Crippen molar-refractivity contribution < 1.29 is 18.3 Å². The molecule has 1 saturated heterocycles. The third kappa shape index (κ3) is 4.87. The fourth-order valence-electron chi connectivity index (χ4n) is 3.59. The van der Waals surface area contributed by atoms with Gasteiger partial charge in [-0.05, 0) is 62.2 Å². The molecule has 0 unspecified atom stereocenters. The molecular formula is C22H26F2N2O2. The summed E-state index contributed by atoms with van der Waals surface area (Å²) in [7, 11) is 0. The molecule has 3 rings (SSSR count). The molecule has 28 heavy (non-hydrogen) atoms. The van der Waals surface area contributed by atoms with Crippen molar-refractivity contribution in [1.82, 2.24) is 9.80 Å². The third-order valence-electron chi connectivity index (χ3n) is 5.22. The van der Waals surface area contributed by atoms with E-state index in [0.717, 1.165) is 18.7 Å². The molecule has 0 aromatic heterocycles. The van der Waals surface area contributed by atoms with Gasteiger partial charge in [0.1, 0.15) is 17.4 Å². The number of aryl methyl sites for hydroxylation is 1. The molecule has 1 heterocycles. The van der Waals surface area contributed by atoms with E-state index in [-0.39, 0.29) is 36.2 Å². The molecule has 1 amide bonds. The van der Waals surface area contributed by atoms with Gasteiger partial charge in [0, 0.05) is 31.7 Å². The van der Waals surface area contributed by atoms with E-state index in [9.17, 15) is 13.6 Å². The van der Waals surface area contributed by atoms with E-state index in [1.165, 1.54) is 24.3 Å². The van der Waals surface area contributed by atoms with E-state index in [1.807, 2.05) is 11.8 Å². The van der Waals surface area contributed by atoms with Crippen LogP contribution in [0.15, 0.2) is 42.5 Å². The first-order chi connectivity index (χ1) is 13.3. The molecule has 1 fully saturated rings. The third-order valence-corrected chi connectivity index (χ3v) is 5.22. The largest absolute Gasteiger partial charge is 0.483 e. The molecule has 0 N–H and O–H groups in total. The second-order valence-corrected chi connectivity index (χ2v) is 7.50. The summed E-state index contributed by atoms with van der Waals surface area (Å²) in [4.78, 5) is 16.8. The zero-order chi connectivity index (χ0) is 20.3. The number of nitrogens with zero attached hydrogens (tertiary/aromatic N) is 2. The number of piperazine rings is 1. The van der Waals surface area contributed by atoms with E-state index >= 15 is 0 Å². The summed E-state index contributed by atoms with van der Waals surface area (Å²) in [6.07, 6.45) is 0. The van der Waals surface area contributed by atoms with Crippen LogP contribution < -0.4 is 4.74 Å². The second-order valence-electron chi connectivity index (χ2n) is 7.50. The van der Waals surface area contributed by atoms with Gasteiger partial charge < -0.3 is 9.64 Å². The molecule has 2 aromatic carbocycles. The van der Waals surface area contributed by atoms with E-state index in [0.29, 0.717) is 17.9 Å². The van der Waals surface area contributed by atoms with Gasteiger partial charge in [-0.2, -0.15) is 0 Å². The van der Waals surface area contributed by atoms with Crippen LogP contribution in [0.1, 0.15) is 25.0 Å². The van der Waals surface area contributed by atoms with Crippen molar-refractivity contribution in [3.05, 3.63) is 65.2 Å². The van der Waals surface area contributed by atoms with Gasteiger partial charge in [-0.15, -0.1) is 0 Å². The maximum Gasteiger partial charge on any atom is 0.260 e. The van der Waals surface area contributed by atoms with Crippen molar-refractivity contribution in [1.29, 1.82) is 0 Å². The monoisotopic (exact) mass is 388 g/mol. The standard InChI is InChI=1S/C22H26F2N2O2/c1-15-10-20(24)8-9-21(15)28-14-22(27)26-12-16(2)25(11-17(26)3)13-18-4-6-19(23)7-5-18/h4-10,16-17H,11-14H2,1-3H3/t16-,17+/m1/s1. The lowest BCUT2D eigenvalue weighted by Crippen LogP contribution is -2.58. The smallest absolute Gasteiger partial charge is 0.260 e. The average molecular weight is 388 g/mol. The first-order valence-electron chi connectivity index (χ1n) is 9.50. The number of hydrogen-bond acceptors (Lipinski definition) is 3. The lowest BCUT2D eigenvalue weighted by molar-refractivity contribution is -0.139. The highest BCUT2D eigenvalue weighted by Crippen LogP contribution is 2.21. The number of hydrogen-bond donors (Lipinski definition) is 0. The first-order valence-corrected chi connectivity index (χ1v) is 9.50. The van der Waals surface area contributed by atoms with E-state index in [2.05, 4.69) is 11.8 Å². The Balaban J connectivity index is 1.57. The molecule has 0 saturated carbocycles. The molecule has 4 nitrogen and oxygen atoms in total. The maximum atomic E-state index is 13.2. The Kier molecular flexibility index (Phi) is 6.29. The Labute approximate surface area is 164 Å². The molecule has 0 radical (unpaired) electrons. The molecule has 2 aromatic rings. The van der Waals surface area contributed by atoms with Gasteiger partial charge in [0.15, 0.2) is 6.61 Å². The van der Waals surface area contributed by atoms with Crippen molar-refractivity contribution in [2.45, 2.75) is 39.4 Å². The molecule has 6 heteroatoms. The van der Waals surface area contributed by atoms with Gasteiger partial charge in [-0.1, -0.05) is 12.1 Å². The number of benzene rings is 2. The highest BCUT2D eigenvalue weighted by molar-refractivity contribution is 5.78. The molecular weight excluding hydrogens is 362 g/mol. The highest BCUT2D eigenvalue weighted by Gasteiger charge is 2.32. The molecule has 150 valence electrons. The zero-order valence-corrected chi connectivity index (χ0v) is 16.5. The van der Waals surface area contributed by atoms with Crippen molar-refractivity contribution in [2.75, 3.05) is 19.7 Å². The fourth-order valence-corrected chi connectivity index (χ4v) is 3.59. The summed E-state index contributed by atoms with van der Waals surface area (Å²) >= 11 is 0.